The minimum Gasteiger partial charge on any atom is -0.391 e. The smallest absolute Gasteiger partial charge is 0.390 e. The highest BCUT2D eigenvalue weighted by Crippen LogP contribution is 2.26. The van der Waals surface area contributed by atoms with Crippen molar-refractivity contribution in [3.63, 3.8) is 0 Å². The Morgan fingerprint density at radius 2 is 2.06 bits per heavy atom. The minimum atomic E-state index is -4.40. The van der Waals surface area contributed by atoms with Crippen molar-refractivity contribution < 1.29 is 26.7 Å². The third-order valence-corrected chi connectivity index (χ3v) is 5.26. The lowest BCUT2D eigenvalue weighted by Gasteiger charge is -2.07. The summed E-state index contributed by atoms with van der Waals surface area (Å²) in [5.41, 5.74) is 0.596. The van der Waals surface area contributed by atoms with Crippen LogP contribution in [0.4, 0.5) is 13.2 Å². The van der Waals surface area contributed by atoms with Gasteiger partial charge in [-0.05, 0) is 18.6 Å². The molecule has 1 rings (SSSR count). The lowest BCUT2D eigenvalue weighted by atomic mass is 10.3. The monoisotopic (exact) mass is 303 g/mol. The highest BCUT2D eigenvalue weighted by atomic mass is 32.2. The second kappa shape index (κ2) is 5.55. The number of aliphatic hydroxyl groups excluding tert-OH is 1. The van der Waals surface area contributed by atoms with Gasteiger partial charge in [0, 0.05) is 11.4 Å². The summed E-state index contributed by atoms with van der Waals surface area (Å²) in [6.45, 7) is 0.628. The van der Waals surface area contributed by atoms with Crippen LogP contribution in [0, 0.1) is 6.92 Å². The molecule has 1 aromatic heterocycles. The van der Waals surface area contributed by atoms with Crippen molar-refractivity contribution in [2.24, 2.45) is 0 Å². The van der Waals surface area contributed by atoms with Gasteiger partial charge >= 0.3 is 6.18 Å². The van der Waals surface area contributed by atoms with Gasteiger partial charge in [-0.1, -0.05) is 0 Å². The molecule has 0 aliphatic carbocycles. The number of sulfonamides is 1. The van der Waals surface area contributed by atoms with Crippen molar-refractivity contribution in [2.45, 2.75) is 30.3 Å². The molecule has 1 heterocycles. The van der Waals surface area contributed by atoms with Gasteiger partial charge in [0.2, 0.25) is 10.0 Å². The largest absolute Gasteiger partial charge is 0.391 e. The molecule has 0 saturated carbocycles. The molecular formula is C9H12F3NO3S2. The van der Waals surface area contributed by atoms with Gasteiger partial charge in [0.25, 0.3) is 0 Å². The fourth-order valence-electron chi connectivity index (χ4n) is 1.18. The molecule has 0 fully saturated rings. The van der Waals surface area contributed by atoms with Crippen molar-refractivity contribution in [1.82, 2.24) is 4.72 Å². The van der Waals surface area contributed by atoms with Crippen molar-refractivity contribution in [1.29, 1.82) is 0 Å². The van der Waals surface area contributed by atoms with E-state index in [0.29, 0.717) is 10.4 Å². The fourth-order valence-corrected chi connectivity index (χ4v) is 3.70. The Morgan fingerprint density at radius 3 is 2.50 bits per heavy atom. The molecule has 0 aromatic carbocycles. The molecule has 1 aromatic rings. The molecule has 18 heavy (non-hydrogen) atoms. The predicted molar refractivity (Wildman–Crippen MR) is 60.8 cm³/mol. The van der Waals surface area contributed by atoms with Gasteiger partial charge in [-0.25, -0.2) is 13.1 Å². The summed E-state index contributed by atoms with van der Waals surface area (Å²) < 4.78 is 60.8. The van der Waals surface area contributed by atoms with Crippen LogP contribution >= 0.6 is 11.3 Å². The third-order valence-electron chi connectivity index (χ3n) is 2.11. The molecule has 104 valence electrons. The zero-order valence-electron chi connectivity index (χ0n) is 9.41. The average molecular weight is 303 g/mol. The van der Waals surface area contributed by atoms with E-state index < -0.39 is 29.2 Å². The molecule has 0 amide bonds. The van der Waals surface area contributed by atoms with E-state index >= 15 is 0 Å². The van der Waals surface area contributed by atoms with Crippen LogP contribution in [0.5, 0.6) is 0 Å². The second-order valence-electron chi connectivity index (χ2n) is 3.59. The number of aliphatic hydroxyl groups is 1. The summed E-state index contributed by atoms with van der Waals surface area (Å²) in [6.07, 6.45) is -5.62. The number of halogens is 3. The molecule has 0 atom stereocenters. The van der Waals surface area contributed by atoms with E-state index in [1.165, 1.54) is 6.07 Å². The number of rotatable bonds is 5. The standard InChI is InChI=1S/C9H12F3NO3S2/c1-6-4-8(17-7(6)5-14)18(15,16)13-3-2-9(10,11)12/h4,13-14H,2-3,5H2,1H3. The molecular weight excluding hydrogens is 291 g/mol. The number of alkyl halides is 3. The van der Waals surface area contributed by atoms with Gasteiger partial charge in [-0.15, -0.1) is 11.3 Å². The molecule has 0 spiro atoms. The number of hydrogen-bond donors (Lipinski definition) is 2. The lowest BCUT2D eigenvalue weighted by Crippen LogP contribution is -2.27. The Morgan fingerprint density at radius 1 is 1.44 bits per heavy atom. The summed E-state index contributed by atoms with van der Waals surface area (Å²) in [7, 11) is -3.94. The summed E-state index contributed by atoms with van der Waals surface area (Å²) in [5, 5.41) is 8.93. The third kappa shape index (κ3) is 4.23. The van der Waals surface area contributed by atoms with Gasteiger partial charge in [0.15, 0.2) is 0 Å². The van der Waals surface area contributed by atoms with E-state index in [1.807, 2.05) is 4.72 Å². The van der Waals surface area contributed by atoms with E-state index in [9.17, 15) is 21.6 Å². The zero-order chi connectivity index (χ0) is 14.0. The molecule has 4 nitrogen and oxygen atoms in total. The average Bonchev–Trinajstić information content (AvgIpc) is 2.58. The van der Waals surface area contributed by atoms with Crippen LogP contribution in [-0.2, 0) is 16.6 Å². The first-order valence-corrected chi connectivity index (χ1v) is 7.22. The Hall–Kier alpha value is -0.640. The number of nitrogens with one attached hydrogen (secondary N) is 1. The van der Waals surface area contributed by atoms with E-state index in [-0.39, 0.29) is 10.8 Å². The maximum absolute atomic E-state index is 11.9. The summed E-state index contributed by atoms with van der Waals surface area (Å²) in [4.78, 5) is 0.478. The Balaban J connectivity index is 2.74. The van der Waals surface area contributed by atoms with Crippen molar-refractivity contribution in [2.75, 3.05) is 6.54 Å². The highest BCUT2D eigenvalue weighted by Gasteiger charge is 2.28. The molecule has 0 saturated heterocycles. The fraction of sp³-hybridized carbons (Fsp3) is 0.556. The maximum atomic E-state index is 11.9. The van der Waals surface area contributed by atoms with Crippen molar-refractivity contribution >= 4 is 21.4 Å². The molecule has 0 bridgehead atoms. The van der Waals surface area contributed by atoms with E-state index in [0.717, 1.165) is 11.3 Å². The molecule has 0 unspecified atom stereocenters. The van der Waals surface area contributed by atoms with E-state index in [4.69, 9.17) is 5.11 Å². The van der Waals surface area contributed by atoms with Gasteiger partial charge in [-0.2, -0.15) is 13.2 Å². The van der Waals surface area contributed by atoms with Gasteiger partial charge in [0.05, 0.1) is 13.0 Å². The van der Waals surface area contributed by atoms with Crippen LogP contribution in [0.1, 0.15) is 16.9 Å². The normalized spacial score (nSPS) is 12.9. The Bertz CT molecular complexity index is 508. The minimum absolute atomic E-state index is 0.0915. The highest BCUT2D eigenvalue weighted by molar-refractivity contribution is 7.91. The first-order chi connectivity index (χ1) is 8.15. The SMILES string of the molecule is Cc1cc(S(=O)(=O)NCCC(F)(F)F)sc1CO. The Kier molecular flexibility index (Phi) is 4.76. The van der Waals surface area contributed by atoms with Crippen LogP contribution in [-0.4, -0.2) is 26.2 Å². The van der Waals surface area contributed by atoms with Crippen molar-refractivity contribution in [3.05, 3.63) is 16.5 Å². The molecule has 0 aliphatic heterocycles. The lowest BCUT2D eigenvalue weighted by molar-refractivity contribution is -0.132. The maximum Gasteiger partial charge on any atom is 0.390 e. The van der Waals surface area contributed by atoms with Crippen LogP contribution in [0.25, 0.3) is 0 Å². The number of aryl methyl sites for hydroxylation is 1. The summed E-state index contributed by atoms with van der Waals surface area (Å²) in [5.74, 6) is 0. The topological polar surface area (TPSA) is 66.4 Å². The van der Waals surface area contributed by atoms with Gasteiger partial charge in [0.1, 0.15) is 4.21 Å². The number of hydrogen-bond acceptors (Lipinski definition) is 4. The first-order valence-electron chi connectivity index (χ1n) is 4.92. The number of thiophene rings is 1. The molecule has 0 radical (unpaired) electrons. The van der Waals surface area contributed by atoms with Crippen LogP contribution in [0.3, 0.4) is 0 Å². The predicted octanol–water partition coefficient (Wildman–Crippen LogP) is 1.78. The summed E-state index contributed by atoms with van der Waals surface area (Å²) >= 11 is 0.843. The van der Waals surface area contributed by atoms with Crippen LogP contribution in [0.2, 0.25) is 0 Å². The molecule has 9 heteroatoms. The molecule has 2 N–H and O–H groups in total. The summed E-state index contributed by atoms with van der Waals surface area (Å²) in [6, 6.07) is 1.33. The van der Waals surface area contributed by atoms with Gasteiger partial charge < -0.3 is 5.11 Å². The quantitative estimate of drug-likeness (QED) is 0.871. The van der Waals surface area contributed by atoms with Gasteiger partial charge in [-0.3, -0.25) is 0 Å². The van der Waals surface area contributed by atoms with Crippen molar-refractivity contribution in [3.8, 4) is 0 Å². The van der Waals surface area contributed by atoms with E-state index in [2.05, 4.69) is 0 Å². The molecule has 0 aliphatic rings. The van der Waals surface area contributed by atoms with Crippen LogP contribution < -0.4 is 4.72 Å². The van der Waals surface area contributed by atoms with E-state index in [1.54, 1.807) is 6.92 Å². The zero-order valence-corrected chi connectivity index (χ0v) is 11.0. The first kappa shape index (κ1) is 15.4. The van der Waals surface area contributed by atoms with Crippen LogP contribution in [0.15, 0.2) is 10.3 Å². The Labute approximate surface area is 106 Å². The second-order valence-corrected chi connectivity index (χ2v) is 6.72.